The highest BCUT2D eigenvalue weighted by Gasteiger charge is 2.30. The quantitative estimate of drug-likeness (QED) is 0.676. The summed E-state index contributed by atoms with van der Waals surface area (Å²) >= 11 is 1.74. The normalized spacial score (nSPS) is 13.5. The highest BCUT2D eigenvalue weighted by Crippen LogP contribution is 2.29. The molecule has 0 aromatic heterocycles. The van der Waals surface area contributed by atoms with E-state index in [-0.39, 0.29) is 6.42 Å². The van der Waals surface area contributed by atoms with E-state index in [9.17, 15) is 18.0 Å². The third kappa shape index (κ3) is 3.66. The molecule has 0 saturated carbocycles. The van der Waals surface area contributed by atoms with Gasteiger partial charge >= 0.3 is 12.1 Å². The van der Waals surface area contributed by atoms with Gasteiger partial charge in [0.05, 0.1) is 5.56 Å². The molecule has 6 heteroatoms. The molecular formula is C10H8F3IO2. The number of hydrogen-bond acceptors (Lipinski definition) is 1. The molecule has 88 valence electrons. The lowest BCUT2D eigenvalue weighted by Crippen LogP contribution is -2.15. The smallest absolute Gasteiger partial charge is 0.416 e. The van der Waals surface area contributed by atoms with Crippen molar-refractivity contribution >= 4 is 28.6 Å². The lowest BCUT2D eigenvalue weighted by molar-refractivity contribution is -0.138. The van der Waals surface area contributed by atoms with E-state index in [1.54, 1.807) is 22.6 Å². The zero-order chi connectivity index (χ0) is 12.3. The van der Waals surface area contributed by atoms with Gasteiger partial charge in [-0.2, -0.15) is 13.2 Å². The Kier molecular flexibility index (Phi) is 4.17. The number of carboxylic acid groups (broad SMARTS) is 1. The van der Waals surface area contributed by atoms with Crippen molar-refractivity contribution in [2.24, 2.45) is 0 Å². The van der Waals surface area contributed by atoms with Crippen molar-refractivity contribution in [1.82, 2.24) is 0 Å². The first-order valence-corrected chi connectivity index (χ1v) is 5.58. The lowest BCUT2D eigenvalue weighted by Gasteiger charge is -2.08. The summed E-state index contributed by atoms with van der Waals surface area (Å²) in [4.78, 5) is 10.5. The molecule has 0 bridgehead atoms. The molecule has 1 rings (SSSR count). The van der Waals surface area contributed by atoms with Crippen molar-refractivity contribution in [3.8, 4) is 0 Å². The average Bonchev–Trinajstić information content (AvgIpc) is 2.17. The van der Waals surface area contributed by atoms with Crippen LogP contribution in [0.2, 0.25) is 0 Å². The largest absolute Gasteiger partial charge is 0.480 e. The van der Waals surface area contributed by atoms with Gasteiger partial charge in [-0.3, -0.25) is 4.79 Å². The molecule has 2 nitrogen and oxygen atoms in total. The monoisotopic (exact) mass is 344 g/mol. The molecule has 1 atom stereocenters. The third-order valence-corrected chi connectivity index (χ3v) is 2.94. The number of benzene rings is 1. The lowest BCUT2D eigenvalue weighted by atomic mass is 10.1. The fourth-order valence-corrected chi connectivity index (χ4v) is 1.63. The van der Waals surface area contributed by atoms with Crippen LogP contribution in [-0.2, 0) is 17.4 Å². The number of carboxylic acids is 1. The predicted molar refractivity (Wildman–Crippen MR) is 60.6 cm³/mol. The second kappa shape index (κ2) is 5.03. The molecule has 0 aliphatic carbocycles. The maximum absolute atomic E-state index is 12.2. The molecule has 0 spiro atoms. The molecule has 0 unspecified atom stereocenters. The Balaban J connectivity index is 2.76. The van der Waals surface area contributed by atoms with Crippen LogP contribution in [0.4, 0.5) is 13.2 Å². The van der Waals surface area contributed by atoms with Crippen molar-refractivity contribution in [3.63, 3.8) is 0 Å². The van der Waals surface area contributed by atoms with Crippen molar-refractivity contribution in [2.45, 2.75) is 16.5 Å². The topological polar surface area (TPSA) is 37.3 Å². The van der Waals surface area contributed by atoms with Gasteiger partial charge < -0.3 is 5.11 Å². The van der Waals surface area contributed by atoms with Gasteiger partial charge in [0.15, 0.2) is 0 Å². The van der Waals surface area contributed by atoms with Crippen LogP contribution in [0.15, 0.2) is 24.3 Å². The number of rotatable bonds is 3. The summed E-state index contributed by atoms with van der Waals surface area (Å²) in [5.74, 6) is -0.972. The van der Waals surface area contributed by atoms with E-state index in [4.69, 9.17) is 5.11 Å². The van der Waals surface area contributed by atoms with Gasteiger partial charge in [-0.15, -0.1) is 0 Å². The summed E-state index contributed by atoms with van der Waals surface area (Å²) < 4.78 is 36.0. The maximum Gasteiger partial charge on any atom is 0.416 e. The number of alkyl halides is 4. The van der Waals surface area contributed by atoms with Crippen molar-refractivity contribution in [2.75, 3.05) is 0 Å². The van der Waals surface area contributed by atoms with E-state index < -0.39 is 21.6 Å². The Hall–Kier alpha value is -0.790. The van der Waals surface area contributed by atoms with Crippen LogP contribution < -0.4 is 0 Å². The zero-order valence-electron chi connectivity index (χ0n) is 7.96. The minimum atomic E-state index is -4.35. The summed E-state index contributed by atoms with van der Waals surface area (Å²) in [5, 5.41) is 8.64. The molecule has 1 aromatic rings. The first kappa shape index (κ1) is 13.3. The number of aliphatic carboxylic acids is 1. The Morgan fingerprint density at radius 3 is 2.19 bits per heavy atom. The van der Waals surface area contributed by atoms with Crippen LogP contribution in [0.5, 0.6) is 0 Å². The molecule has 16 heavy (non-hydrogen) atoms. The fraction of sp³-hybridized carbons (Fsp3) is 0.300. The number of hydrogen-bond donors (Lipinski definition) is 1. The van der Waals surface area contributed by atoms with E-state index in [1.165, 1.54) is 12.1 Å². The second-order valence-corrected chi connectivity index (χ2v) is 4.71. The number of carbonyl (C=O) groups is 1. The van der Waals surface area contributed by atoms with Gasteiger partial charge in [-0.05, 0) is 24.1 Å². The molecule has 0 amide bonds. The Labute approximate surface area is 104 Å². The minimum absolute atomic E-state index is 0.216. The molecule has 0 fully saturated rings. The fourth-order valence-electron chi connectivity index (χ4n) is 1.12. The van der Waals surface area contributed by atoms with Crippen LogP contribution in [0.3, 0.4) is 0 Å². The van der Waals surface area contributed by atoms with Gasteiger partial charge in [0.25, 0.3) is 0 Å². The summed E-state index contributed by atoms with van der Waals surface area (Å²) in [6.07, 6.45) is -4.14. The number of halogens is 4. The van der Waals surface area contributed by atoms with Gasteiger partial charge in [0, 0.05) is 0 Å². The van der Waals surface area contributed by atoms with E-state index in [0.29, 0.717) is 5.56 Å². The van der Waals surface area contributed by atoms with Crippen LogP contribution in [0.1, 0.15) is 11.1 Å². The molecular weight excluding hydrogens is 336 g/mol. The first-order valence-electron chi connectivity index (χ1n) is 4.33. The first-order chi connectivity index (χ1) is 7.30. The minimum Gasteiger partial charge on any atom is -0.480 e. The summed E-state index contributed by atoms with van der Waals surface area (Å²) in [6, 6.07) is 4.52. The van der Waals surface area contributed by atoms with Crippen LogP contribution in [0.25, 0.3) is 0 Å². The zero-order valence-corrected chi connectivity index (χ0v) is 10.1. The third-order valence-electron chi connectivity index (χ3n) is 1.96. The highest BCUT2D eigenvalue weighted by atomic mass is 127. The standard InChI is InChI=1S/C10H8F3IO2/c11-10(12,13)7-3-1-6(2-4-7)5-8(14)9(15)16/h1-4,8H,5H2,(H,15,16)/t8-/m1/s1. The summed E-state index contributed by atoms with van der Waals surface area (Å²) in [6.45, 7) is 0. The van der Waals surface area contributed by atoms with E-state index in [1.807, 2.05) is 0 Å². The Morgan fingerprint density at radius 1 is 1.31 bits per heavy atom. The molecule has 0 heterocycles. The van der Waals surface area contributed by atoms with Gasteiger partial charge in [-0.25, -0.2) is 0 Å². The molecule has 0 aliphatic rings. The van der Waals surface area contributed by atoms with Crippen molar-refractivity contribution < 1.29 is 23.1 Å². The molecule has 1 aromatic carbocycles. The van der Waals surface area contributed by atoms with Gasteiger partial charge in [0.1, 0.15) is 3.92 Å². The molecule has 0 radical (unpaired) electrons. The average molecular weight is 344 g/mol. The van der Waals surface area contributed by atoms with Crippen molar-refractivity contribution in [3.05, 3.63) is 35.4 Å². The van der Waals surface area contributed by atoms with Crippen LogP contribution in [0, 0.1) is 0 Å². The van der Waals surface area contributed by atoms with Gasteiger partial charge in [-0.1, -0.05) is 34.7 Å². The van der Waals surface area contributed by atoms with E-state index in [2.05, 4.69) is 0 Å². The molecule has 1 N–H and O–H groups in total. The molecule has 0 aliphatic heterocycles. The molecule has 0 saturated heterocycles. The van der Waals surface area contributed by atoms with Crippen LogP contribution in [-0.4, -0.2) is 15.0 Å². The summed E-state index contributed by atoms with van der Waals surface area (Å²) in [7, 11) is 0. The SMILES string of the molecule is O=C(O)[C@H](I)Cc1ccc(C(F)(F)F)cc1. The Bertz CT molecular complexity index is 373. The second-order valence-electron chi connectivity index (χ2n) is 3.20. The van der Waals surface area contributed by atoms with Gasteiger partial charge in [0.2, 0.25) is 0 Å². The highest BCUT2D eigenvalue weighted by molar-refractivity contribution is 14.1. The maximum atomic E-state index is 12.2. The summed E-state index contributed by atoms with van der Waals surface area (Å²) in [5.41, 5.74) is -0.147. The van der Waals surface area contributed by atoms with Crippen LogP contribution >= 0.6 is 22.6 Å². The van der Waals surface area contributed by atoms with E-state index >= 15 is 0 Å². The predicted octanol–water partition coefficient (Wildman–Crippen LogP) is 3.14. The van der Waals surface area contributed by atoms with E-state index in [0.717, 1.165) is 12.1 Å². The Morgan fingerprint density at radius 2 is 1.81 bits per heavy atom. The van der Waals surface area contributed by atoms with Crippen molar-refractivity contribution in [1.29, 1.82) is 0 Å².